The van der Waals surface area contributed by atoms with E-state index >= 15 is 0 Å². The van der Waals surface area contributed by atoms with Crippen LogP contribution in [0.25, 0.3) is 0 Å². The van der Waals surface area contributed by atoms with E-state index in [1.54, 1.807) is 24.5 Å². The SMILES string of the molecule is COc1cc(NCC(C)c2nccs2)nc(C)n1. The number of hydrogen-bond acceptors (Lipinski definition) is 6. The van der Waals surface area contributed by atoms with E-state index in [4.69, 9.17) is 4.74 Å². The van der Waals surface area contributed by atoms with Gasteiger partial charge in [-0.25, -0.2) is 9.97 Å². The third kappa shape index (κ3) is 3.16. The molecule has 1 atom stereocenters. The van der Waals surface area contributed by atoms with E-state index in [0.29, 0.717) is 17.6 Å². The van der Waals surface area contributed by atoms with Crippen LogP contribution in [0.3, 0.4) is 0 Å². The van der Waals surface area contributed by atoms with Crippen LogP contribution < -0.4 is 10.1 Å². The molecule has 0 amide bonds. The van der Waals surface area contributed by atoms with E-state index in [-0.39, 0.29) is 0 Å². The summed E-state index contributed by atoms with van der Waals surface area (Å²) in [5.41, 5.74) is 0. The van der Waals surface area contributed by atoms with Gasteiger partial charge in [-0.3, -0.25) is 0 Å². The highest BCUT2D eigenvalue weighted by Gasteiger charge is 2.09. The van der Waals surface area contributed by atoms with Crippen molar-refractivity contribution >= 4 is 17.2 Å². The molecule has 2 rings (SSSR count). The van der Waals surface area contributed by atoms with Crippen LogP contribution in [0.5, 0.6) is 5.88 Å². The number of ether oxygens (including phenoxy) is 1. The first kappa shape index (κ1) is 12.8. The van der Waals surface area contributed by atoms with Gasteiger partial charge >= 0.3 is 0 Å². The van der Waals surface area contributed by atoms with Crippen molar-refractivity contribution in [2.24, 2.45) is 0 Å². The van der Waals surface area contributed by atoms with E-state index in [2.05, 4.69) is 27.2 Å². The lowest BCUT2D eigenvalue weighted by Crippen LogP contribution is -2.11. The topological polar surface area (TPSA) is 59.9 Å². The van der Waals surface area contributed by atoms with Crippen LogP contribution in [0.2, 0.25) is 0 Å². The Bertz CT molecular complexity index is 501. The van der Waals surface area contributed by atoms with E-state index in [1.165, 1.54) is 0 Å². The maximum absolute atomic E-state index is 5.11. The third-order valence-electron chi connectivity index (χ3n) is 2.49. The molecule has 0 aliphatic rings. The minimum atomic E-state index is 0.353. The Labute approximate surface area is 110 Å². The van der Waals surface area contributed by atoms with Crippen LogP contribution in [0.1, 0.15) is 23.7 Å². The molecule has 0 fully saturated rings. The minimum absolute atomic E-state index is 0.353. The van der Waals surface area contributed by atoms with Crippen molar-refractivity contribution in [3.63, 3.8) is 0 Å². The van der Waals surface area contributed by atoms with E-state index in [9.17, 15) is 0 Å². The second-order valence-corrected chi connectivity index (χ2v) is 4.92. The third-order valence-corrected chi connectivity index (χ3v) is 3.49. The van der Waals surface area contributed by atoms with Crippen LogP contribution in [-0.4, -0.2) is 28.6 Å². The first-order valence-corrected chi connectivity index (χ1v) is 6.60. The summed E-state index contributed by atoms with van der Waals surface area (Å²) in [6.45, 7) is 4.77. The zero-order chi connectivity index (χ0) is 13.0. The molecule has 0 aliphatic carbocycles. The Hall–Kier alpha value is -1.69. The lowest BCUT2D eigenvalue weighted by molar-refractivity contribution is 0.396. The Morgan fingerprint density at radius 1 is 1.44 bits per heavy atom. The fourth-order valence-corrected chi connectivity index (χ4v) is 2.26. The quantitative estimate of drug-likeness (QED) is 0.899. The van der Waals surface area contributed by atoms with Crippen LogP contribution in [0, 0.1) is 6.92 Å². The summed E-state index contributed by atoms with van der Waals surface area (Å²) in [5, 5.41) is 6.40. The Kier molecular flexibility index (Phi) is 4.09. The summed E-state index contributed by atoms with van der Waals surface area (Å²) in [5.74, 6) is 2.40. The van der Waals surface area contributed by atoms with Crippen molar-refractivity contribution in [3.8, 4) is 5.88 Å². The number of nitrogens with zero attached hydrogens (tertiary/aromatic N) is 3. The summed E-state index contributed by atoms with van der Waals surface area (Å²) >= 11 is 1.67. The molecule has 0 saturated heterocycles. The standard InChI is InChI=1S/C12H16N4OS/c1-8(12-13-4-5-18-12)7-14-10-6-11(17-3)16-9(2)15-10/h4-6,8H,7H2,1-3H3,(H,14,15,16). The minimum Gasteiger partial charge on any atom is -0.481 e. The molecule has 2 aromatic heterocycles. The predicted molar refractivity (Wildman–Crippen MR) is 72.3 cm³/mol. The Morgan fingerprint density at radius 2 is 2.28 bits per heavy atom. The number of thiazole rings is 1. The summed E-state index contributed by atoms with van der Waals surface area (Å²) in [6, 6.07) is 1.79. The molecule has 2 aromatic rings. The van der Waals surface area contributed by atoms with E-state index in [0.717, 1.165) is 17.4 Å². The number of methoxy groups -OCH3 is 1. The number of nitrogens with one attached hydrogen (secondary N) is 1. The van der Waals surface area contributed by atoms with Crippen molar-refractivity contribution in [2.75, 3.05) is 19.0 Å². The maximum Gasteiger partial charge on any atom is 0.218 e. The van der Waals surface area contributed by atoms with Crippen molar-refractivity contribution in [3.05, 3.63) is 28.5 Å². The average Bonchev–Trinajstić information content (AvgIpc) is 2.89. The first-order chi connectivity index (χ1) is 8.69. The van der Waals surface area contributed by atoms with Gasteiger partial charge in [-0.1, -0.05) is 6.92 Å². The molecule has 18 heavy (non-hydrogen) atoms. The summed E-state index contributed by atoms with van der Waals surface area (Å²) < 4.78 is 5.11. The average molecular weight is 264 g/mol. The lowest BCUT2D eigenvalue weighted by Gasteiger charge is -2.11. The highest BCUT2D eigenvalue weighted by atomic mass is 32.1. The van der Waals surface area contributed by atoms with Gasteiger partial charge in [-0.05, 0) is 6.92 Å². The maximum atomic E-state index is 5.11. The van der Waals surface area contributed by atoms with Gasteiger partial charge in [0.1, 0.15) is 11.6 Å². The molecule has 5 nitrogen and oxygen atoms in total. The smallest absolute Gasteiger partial charge is 0.218 e. The van der Waals surface area contributed by atoms with Gasteiger partial charge < -0.3 is 10.1 Å². The van der Waals surface area contributed by atoms with Crippen molar-refractivity contribution < 1.29 is 4.74 Å². The molecular formula is C12H16N4OS. The molecule has 0 saturated carbocycles. The monoisotopic (exact) mass is 264 g/mol. The van der Waals surface area contributed by atoms with E-state index in [1.807, 2.05) is 18.5 Å². The number of aromatic nitrogens is 3. The van der Waals surface area contributed by atoms with Crippen molar-refractivity contribution in [1.82, 2.24) is 15.0 Å². The normalized spacial score (nSPS) is 12.2. The highest BCUT2D eigenvalue weighted by molar-refractivity contribution is 7.09. The zero-order valence-corrected chi connectivity index (χ0v) is 11.5. The second kappa shape index (κ2) is 5.77. The number of anilines is 1. The highest BCUT2D eigenvalue weighted by Crippen LogP contribution is 2.19. The predicted octanol–water partition coefficient (Wildman–Crippen LogP) is 2.47. The fourth-order valence-electron chi connectivity index (χ4n) is 1.56. The van der Waals surface area contributed by atoms with E-state index < -0.39 is 0 Å². The van der Waals surface area contributed by atoms with Crippen LogP contribution in [-0.2, 0) is 0 Å². The molecule has 0 aromatic carbocycles. The van der Waals surface area contributed by atoms with Gasteiger partial charge in [0, 0.05) is 30.1 Å². The Balaban J connectivity index is 1.99. The molecule has 6 heteroatoms. The van der Waals surface area contributed by atoms with Gasteiger partial charge in [-0.2, -0.15) is 4.98 Å². The largest absolute Gasteiger partial charge is 0.481 e. The van der Waals surface area contributed by atoms with Crippen LogP contribution >= 0.6 is 11.3 Å². The van der Waals surface area contributed by atoms with Gasteiger partial charge in [0.2, 0.25) is 5.88 Å². The molecule has 96 valence electrons. The van der Waals surface area contributed by atoms with Gasteiger partial charge in [-0.15, -0.1) is 11.3 Å². The van der Waals surface area contributed by atoms with Crippen molar-refractivity contribution in [1.29, 1.82) is 0 Å². The second-order valence-electron chi connectivity index (χ2n) is 4.00. The van der Waals surface area contributed by atoms with Gasteiger partial charge in [0.15, 0.2) is 0 Å². The van der Waals surface area contributed by atoms with Crippen LogP contribution in [0.15, 0.2) is 17.6 Å². The number of aryl methyl sites for hydroxylation is 1. The molecular weight excluding hydrogens is 248 g/mol. The van der Waals surface area contributed by atoms with Crippen LogP contribution in [0.4, 0.5) is 5.82 Å². The molecule has 1 N–H and O–H groups in total. The molecule has 0 bridgehead atoms. The zero-order valence-electron chi connectivity index (χ0n) is 10.7. The molecule has 2 heterocycles. The lowest BCUT2D eigenvalue weighted by atomic mass is 10.2. The summed E-state index contributed by atoms with van der Waals surface area (Å²) in [4.78, 5) is 12.8. The molecule has 0 aliphatic heterocycles. The Morgan fingerprint density at radius 3 is 2.94 bits per heavy atom. The van der Waals surface area contributed by atoms with Gasteiger partial charge in [0.05, 0.1) is 12.1 Å². The summed E-state index contributed by atoms with van der Waals surface area (Å²) in [7, 11) is 1.60. The first-order valence-electron chi connectivity index (χ1n) is 5.72. The fraction of sp³-hybridized carbons (Fsp3) is 0.417. The number of rotatable bonds is 5. The molecule has 1 unspecified atom stereocenters. The van der Waals surface area contributed by atoms with Crippen molar-refractivity contribution in [2.45, 2.75) is 19.8 Å². The van der Waals surface area contributed by atoms with Gasteiger partial charge in [0.25, 0.3) is 0 Å². The summed E-state index contributed by atoms with van der Waals surface area (Å²) in [6.07, 6.45) is 1.83. The number of hydrogen-bond donors (Lipinski definition) is 1. The molecule has 0 spiro atoms. The molecule has 0 radical (unpaired) electrons.